The molecule has 1 saturated heterocycles. The summed E-state index contributed by atoms with van der Waals surface area (Å²) in [7, 11) is 1.34. The van der Waals surface area contributed by atoms with Crippen LogP contribution in [0.4, 0.5) is 39.9 Å². The van der Waals surface area contributed by atoms with Gasteiger partial charge in [0.1, 0.15) is 0 Å². The Morgan fingerprint density at radius 1 is 0.880 bits per heavy atom. The number of alkyl halides is 8. The molecule has 1 aliphatic rings. The number of rotatable bonds is 8. The minimum Gasteiger partial charge on any atom is -0.481 e. The van der Waals surface area contributed by atoms with Crippen LogP contribution in [0.25, 0.3) is 22.3 Å². The van der Waals surface area contributed by atoms with E-state index in [1.54, 1.807) is 19.1 Å². The fraction of sp³-hybridized carbons (Fsp3) is 0.286. The van der Waals surface area contributed by atoms with E-state index < -0.39 is 57.5 Å². The van der Waals surface area contributed by atoms with Gasteiger partial charge < -0.3 is 14.7 Å². The van der Waals surface area contributed by atoms with Crippen LogP contribution in [0, 0.1) is 6.92 Å². The van der Waals surface area contributed by atoms with E-state index in [2.05, 4.69) is 4.98 Å². The number of ether oxygens (including phenoxy) is 1. The minimum absolute atomic E-state index is 0.00756. The van der Waals surface area contributed by atoms with E-state index in [9.17, 15) is 49.8 Å². The number of amides is 1. The maximum absolute atomic E-state index is 14.6. The van der Waals surface area contributed by atoms with Gasteiger partial charge in [0.25, 0.3) is 11.2 Å². The molecule has 1 fully saturated rings. The summed E-state index contributed by atoms with van der Waals surface area (Å²) in [4.78, 5) is 30.4. The van der Waals surface area contributed by atoms with Crippen molar-refractivity contribution in [3.05, 3.63) is 106 Å². The third kappa shape index (κ3) is 7.42. The predicted molar refractivity (Wildman–Crippen MR) is 170 cm³/mol. The van der Waals surface area contributed by atoms with Gasteiger partial charge in [-0.1, -0.05) is 30.0 Å². The molecule has 1 aromatic heterocycles. The van der Waals surface area contributed by atoms with Crippen LogP contribution in [0.3, 0.4) is 0 Å². The quantitative estimate of drug-likeness (QED) is 0.182. The molecule has 1 amide bonds. The summed E-state index contributed by atoms with van der Waals surface area (Å²) in [6.45, 7) is 3.50. The molecule has 0 unspecified atom stereocenters. The molecule has 4 aromatic rings. The first-order valence-corrected chi connectivity index (χ1v) is 15.7. The fourth-order valence-corrected chi connectivity index (χ4v) is 7.02. The second-order valence-corrected chi connectivity index (χ2v) is 13.0. The smallest absolute Gasteiger partial charge is 0.416 e. The lowest BCUT2D eigenvalue weighted by Crippen LogP contribution is -2.31. The lowest BCUT2D eigenvalue weighted by Gasteiger charge is -2.26. The van der Waals surface area contributed by atoms with E-state index in [0.29, 0.717) is 58.6 Å². The lowest BCUT2D eigenvalue weighted by atomic mass is 9.92. The van der Waals surface area contributed by atoms with Gasteiger partial charge in [-0.25, -0.2) is 18.6 Å². The van der Waals surface area contributed by atoms with E-state index in [1.807, 2.05) is 0 Å². The number of pyridine rings is 1. The van der Waals surface area contributed by atoms with Gasteiger partial charge in [-0.3, -0.25) is 4.79 Å². The molecule has 0 saturated carbocycles. The number of halogens is 8. The van der Waals surface area contributed by atoms with Crippen LogP contribution in [-0.2, 0) is 24.8 Å². The zero-order valence-corrected chi connectivity index (χ0v) is 27.5. The van der Waals surface area contributed by atoms with Crippen molar-refractivity contribution in [3.63, 3.8) is 0 Å². The molecule has 2 heterocycles. The average Bonchev–Trinajstić information content (AvgIpc) is 3.31. The number of aromatic carboxylic acids is 1. The molecule has 0 aliphatic carbocycles. The van der Waals surface area contributed by atoms with Gasteiger partial charge in [-0.2, -0.15) is 26.3 Å². The average molecular weight is 725 g/mol. The number of hydrogen-bond acceptors (Lipinski definition) is 5. The first kappa shape index (κ1) is 36.6. The molecule has 1 N–H and O–H groups in total. The summed E-state index contributed by atoms with van der Waals surface area (Å²) in [6.07, 6.45) is -8.70. The Morgan fingerprint density at radius 2 is 1.50 bits per heavy atom. The fourth-order valence-electron chi connectivity index (χ4n) is 5.82. The van der Waals surface area contributed by atoms with Crippen LogP contribution in [0.1, 0.15) is 62.8 Å². The molecule has 264 valence electrons. The van der Waals surface area contributed by atoms with E-state index in [1.165, 1.54) is 55.5 Å². The van der Waals surface area contributed by atoms with Gasteiger partial charge in [0.05, 0.1) is 29.1 Å². The Hall–Kier alpha value is -4.66. The summed E-state index contributed by atoms with van der Waals surface area (Å²) >= 11 is 0.542. The highest BCUT2D eigenvalue weighted by Gasteiger charge is 2.43. The predicted octanol–water partition coefficient (Wildman–Crippen LogP) is 10.4. The van der Waals surface area contributed by atoms with Gasteiger partial charge in [0.15, 0.2) is 0 Å². The number of aryl methyl sites for hydroxylation is 1. The normalized spacial score (nSPS) is 17.0. The standard InChI is InChI=1S/C35H28F8N2O4S/c1-17-9-19(31(46)47)5-7-26(17)21-13-28(30(49-4)44-15-21)27-8-6-23(33(3,36)37)12-22(27)16-45-18(2)29(50-32(45)48)20-10-24(34(38,39)40)14-25(11-20)35(41,42)43/h5-15,18,29H,16H2,1-4H3,(H,46,47)/t18-,29-/m0/s1. The Bertz CT molecular complexity index is 1940. The number of thioether (sulfide) groups is 1. The number of carbonyl (C=O) groups is 2. The van der Waals surface area contributed by atoms with Gasteiger partial charge >= 0.3 is 18.3 Å². The number of aromatic nitrogens is 1. The Labute approximate surface area is 285 Å². The first-order chi connectivity index (χ1) is 23.2. The summed E-state index contributed by atoms with van der Waals surface area (Å²) in [6, 6.07) is 10.1. The highest BCUT2D eigenvalue weighted by Crippen LogP contribution is 2.48. The van der Waals surface area contributed by atoms with Crippen molar-refractivity contribution in [3.8, 4) is 28.1 Å². The van der Waals surface area contributed by atoms with Crippen molar-refractivity contribution in [2.45, 2.75) is 56.9 Å². The summed E-state index contributed by atoms with van der Waals surface area (Å²) < 4.78 is 116. The molecular weight excluding hydrogens is 696 g/mol. The second-order valence-electron chi connectivity index (χ2n) is 11.9. The molecule has 2 atom stereocenters. The topological polar surface area (TPSA) is 79.7 Å². The molecule has 1 aliphatic heterocycles. The molecule has 50 heavy (non-hydrogen) atoms. The Balaban J connectivity index is 1.59. The largest absolute Gasteiger partial charge is 0.481 e. The molecule has 5 rings (SSSR count). The zero-order valence-electron chi connectivity index (χ0n) is 26.7. The number of carbonyl (C=O) groups excluding carboxylic acids is 1. The van der Waals surface area contributed by atoms with Gasteiger partial charge in [0.2, 0.25) is 5.88 Å². The zero-order chi connectivity index (χ0) is 36.9. The van der Waals surface area contributed by atoms with Gasteiger partial charge in [0, 0.05) is 42.4 Å². The van der Waals surface area contributed by atoms with Crippen molar-refractivity contribution >= 4 is 23.0 Å². The maximum atomic E-state index is 14.6. The number of methoxy groups -OCH3 is 1. The van der Waals surface area contributed by atoms with Crippen molar-refractivity contribution < 1.29 is 54.6 Å². The monoisotopic (exact) mass is 724 g/mol. The SMILES string of the molecule is COc1ncc(-c2ccc(C(=O)O)cc2C)cc1-c1ccc(C(C)(F)F)cc1CN1C(=O)S[C@H](c2cc(C(F)(F)F)cc(C(F)(F)F)c2)[C@@H]1C. The van der Waals surface area contributed by atoms with Crippen LogP contribution in [0.2, 0.25) is 0 Å². The molecular formula is C35H28F8N2O4S. The summed E-state index contributed by atoms with van der Waals surface area (Å²) in [5, 5.41) is 7.53. The highest BCUT2D eigenvalue weighted by atomic mass is 32.2. The van der Waals surface area contributed by atoms with E-state index in [4.69, 9.17) is 4.74 Å². The van der Waals surface area contributed by atoms with Crippen molar-refractivity contribution in [1.29, 1.82) is 0 Å². The third-order valence-corrected chi connectivity index (χ3v) is 9.76. The highest BCUT2D eigenvalue weighted by molar-refractivity contribution is 8.14. The molecule has 6 nitrogen and oxygen atoms in total. The number of carboxylic acids is 1. The minimum atomic E-state index is -5.09. The molecule has 0 radical (unpaired) electrons. The number of carboxylic acid groups (broad SMARTS) is 1. The molecule has 0 bridgehead atoms. The van der Waals surface area contributed by atoms with Crippen LogP contribution in [0.5, 0.6) is 5.88 Å². The van der Waals surface area contributed by atoms with Crippen LogP contribution < -0.4 is 4.74 Å². The Kier molecular flexibility index (Phi) is 9.69. The molecule has 0 spiro atoms. The summed E-state index contributed by atoms with van der Waals surface area (Å²) in [5.74, 6) is -4.35. The number of nitrogens with zero attached hydrogens (tertiary/aromatic N) is 2. The Morgan fingerprint density at radius 3 is 2.04 bits per heavy atom. The molecule has 3 aromatic carbocycles. The van der Waals surface area contributed by atoms with Crippen molar-refractivity contribution in [2.75, 3.05) is 7.11 Å². The van der Waals surface area contributed by atoms with Crippen LogP contribution in [0.15, 0.2) is 66.9 Å². The summed E-state index contributed by atoms with van der Waals surface area (Å²) in [5.41, 5.74) is -1.18. The van der Waals surface area contributed by atoms with E-state index in [0.717, 1.165) is 0 Å². The van der Waals surface area contributed by atoms with Crippen molar-refractivity contribution in [2.24, 2.45) is 0 Å². The van der Waals surface area contributed by atoms with Gasteiger partial charge in [-0.05, 0) is 84.1 Å². The number of hydrogen-bond donors (Lipinski definition) is 1. The molecule has 15 heteroatoms. The van der Waals surface area contributed by atoms with Gasteiger partial charge in [-0.15, -0.1) is 0 Å². The first-order valence-electron chi connectivity index (χ1n) is 14.9. The lowest BCUT2D eigenvalue weighted by molar-refractivity contribution is -0.143. The second kappa shape index (κ2) is 13.2. The van der Waals surface area contributed by atoms with Crippen LogP contribution in [-0.4, -0.2) is 39.4 Å². The third-order valence-electron chi connectivity index (χ3n) is 8.40. The van der Waals surface area contributed by atoms with E-state index in [-0.39, 0.29) is 35.2 Å². The van der Waals surface area contributed by atoms with Crippen LogP contribution >= 0.6 is 11.8 Å². The number of benzene rings is 3. The van der Waals surface area contributed by atoms with Crippen molar-refractivity contribution in [1.82, 2.24) is 9.88 Å². The maximum Gasteiger partial charge on any atom is 0.416 e. The van der Waals surface area contributed by atoms with E-state index >= 15 is 0 Å².